The molecule has 1 amide bonds. The van der Waals surface area contributed by atoms with Gasteiger partial charge in [0.1, 0.15) is 11.6 Å². The number of amides is 1. The summed E-state index contributed by atoms with van der Waals surface area (Å²) in [6.45, 7) is 3.60. The number of allylic oxidation sites excluding steroid dienone is 1. The molecule has 0 spiro atoms. The van der Waals surface area contributed by atoms with Crippen LogP contribution in [0.3, 0.4) is 0 Å². The second-order valence-electron chi connectivity index (χ2n) is 2.88. The van der Waals surface area contributed by atoms with Gasteiger partial charge in [-0.25, -0.2) is 9.97 Å². The lowest BCUT2D eigenvalue weighted by Gasteiger charge is -1.98. The zero-order chi connectivity index (χ0) is 9.26. The Morgan fingerprint density at radius 3 is 3.31 bits per heavy atom. The Kier molecular flexibility index (Phi) is 1.81. The number of nitrogens with zero attached hydrogens (tertiary/aromatic N) is 2. The van der Waals surface area contributed by atoms with E-state index >= 15 is 0 Å². The molecule has 1 N–H and O–H groups in total. The summed E-state index contributed by atoms with van der Waals surface area (Å²) >= 11 is 0. The monoisotopic (exact) mass is 175 g/mol. The number of hydrogen-bond acceptors (Lipinski definition) is 3. The number of carbonyl (C=O) groups is 1. The zero-order valence-corrected chi connectivity index (χ0v) is 7.08. The van der Waals surface area contributed by atoms with Crippen LogP contribution < -0.4 is 5.32 Å². The van der Waals surface area contributed by atoms with Crippen molar-refractivity contribution in [1.29, 1.82) is 0 Å². The molecule has 4 heteroatoms. The molecule has 1 aliphatic rings. The van der Waals surface area contributed by atoms with Crippen molar-refractivity contribution in [3.63, 3.8) is 0 Å². The van der Waals surface area contributed by atoms with E-state index in [9.17, 15) is 4.79 Å². The molecule has 0 atom stereocenters. The first-order valence-electron chi connectivity index (χ1n) is 4.05. The van der Waals surface area contributed by atoms with Gasteiger partial charge in [0.2, 0.25) is 5.91 Å². The molecule has 0 fully saturated rings. The number of fused-ring (bicyclic) bond motifs is 1. The first kappa shape index (κ1) is 7.91. The van der Waals surface area contributed by atoms with Crippen molar-refractivity contribution in [2.45, 2.75) is 12.8 Å². The molecule has 1 aliphatic heterocycles. The van der Waals surface area contributed by atoms with Crippen molar-refractivity contribution in [3.05, 3.63) is 30.2 Å². The van der Waals surface area contributed by atoms with E-state index in [1.807, 2.05) is 0 Å². The van der Waals surface area contributed by atoms with Crippen molar-refractivity contribution in [2.75, 3.05) is 5.32 Å². The topological polar surface area (TPSA) is 54.9 Å². The van der Waals surface area contributed by atoms with E-state index in [-0.39, 0.29) is 5.91 Å². The van der Waals surface area contributed by atoms with Gasteiger partial charge in [0.05, 0.1) is 6.42 Å². The average molecular weight is 175 g/mol. The molecule has 0 aromatic carbocycles. The Labute approximate surface area is 75.7 Å². The van der Waals surface area contributed by atoms with E-state index in [1.54, 1.807) is 12.3 Å². The summed E-state index contributed by atoms with van der Waals surface area (Å²) < 4.78 is 0. The summed E-state index contributed by atoms with van der Waals surface area (Å²) in [5.41, 5.74) is 0.873. The van der Waals surface area contributed by atoms with Crippen molar-refractivity contribution < 1.29 is 4.79 Å². The van der Waals surface area contributed by atoms with Crippen LogP contribution in [0.2, 0.25) is 0 Å². The van der Waals surface area contributed by atoms with Gasteiger partial charge in [0.25, 0.3) is 0 Å². The lowest BCUT2D eigenvalue weighted by atomic mass is 10.2. The minimum Gasteiger partial charge on any atom is -0.310 e. The summed E-state index contributed by atoms with van der Waals surface area (Å²) in [6, 6.07) is 0. The van der Waals surface area contributed by atoms with Crippen LogP contribution in [0.5, 0.6) is 0 Å². The van der Waals surface area contributed by atoms with Crippen LogP contribution >= 0.6 is 0 Å². The third kappa shape index (κ3) is 1.42. The van der Waals surface area contributed by atoms with Crippen LogP contribution in [0, 0.1) is 0 Å². The molecule has 4 nitrogen and oxygen atoms in total. The molecule has 0 unspecified atom stereocenters. The fraction of sp³-hybridized carbons (Fsp3) is 0.222. The second-order valence-corrected chi connectivity index (χ2v) is 2.88. The maximum absolute atomic E-state index is 11.0. The van der Waals surface area contributed by atoms with Gasteiger partial charge in [0.15, 0.2) is 0 Å². The zero-order valence-electron chi connectivity index (χ0n) is 7.08. The smallest absolute Gasteiger partial charge is 0.230 e. The first-order chi connectivity index (χ1) is 6.29. The quantitative estimate of drug-likeness (QED) is 0.673. The van der Waals surface area contributed by atoms with Gasteiger partial charge in [-0.1, -0.05) is 6.08 Å². The van der Waals surface area contributed by atoms with Crippen LogP contribution in [0.15, 0.2) is 18.9 Å². The van der Waals surface area contributed by atoms with E-state index in [4.69, 9.17) is 0 Å². The van der Waals surface area contributed by atoms with Crippen molar-refractivity contribution in [3.8, 4) is 0 Å². The Morgan fingerprint density at radius 2 is 2.54 bits per heavy atom. The van der Waals surface area contributed by atoms with Crippen molar-refractivity contribution in [1.82, 2.24) is 9.97 Å². The van der Waals surface area contributed by atoms with Crippen molar-refractivity contribution >= 4 is 11.7 Å². The molecule has 0 saturated heterocycles. The van der Waals surface area contributed by atoms with E-state index in [2.05, 4.69) is 21.9 Å². The van der Waals surface area contributed by atoms with Crippen molar-refractivity contribution in [2.24, 2.45) is 0 Å². The van der Waals surface area contributed by atoms with Gasteiger partial charge in [-0.15, -0.1) is 6.58 Å². The summed E-state index contributed by atoms with van der Waals surface area (Å²) in [7, 11) is 0. The molecule has 66 valence electrons. The SMILES string of the molecule is C=CCc1ncc2c(n1)NC(=O)C2. The predicted molar refractivity (Wildman–Crippen MR) is 48.3 cm³/mol. The Hall–Kier alpha value is -1.71. The normalized spacial score (nSPS) is 13.7. The maximum Gasteiger partial charge on any atom is 0.230 e. The Bertz CT molecular complexity index is 373. The Morgan fingerprint density at radius 1 is 1.69 bits per heavy atom. The highest BCUT2D eigenvalue weighted by molar-refractivity contribution is 5.97. The van der Waals surface area contributed by atoms with Gasteiger partial charge >= 0.3 is 0 Å². The lowest BCUT2D eigenvalue weighted by Crippen LogP contribution is -2.04. The van der Waals surface area contributed by atoms with Crippen LogP contribution in [0.1, 0.15) is 11.4 Å². The molecule has 0 bridgehead atoms. The maximum atomic E-state index is 11.0. The molecule has 0 aliphatic carbocycles. The highest BCUT2D eigenvalue weighted by Gasteiger charge is 2.19. The molecular weight excluding hydrogens is 166 g/mol. The van der Waals surface area contributed by atoms with E-state index in [0.29, 0.717) is 24.5 Å². The summed E-state index contributed by atoms with van der Waals surface area (Å²) in [5.74, 6) is 1.33. The third-order valence-electron chi connectivity index (χ3n) is 1.85. The number of rotatable bonds is 2. The largest absolute Gasteiger partial charge is 0.310 e. The minimum atomic E-state index is -0.0138. The number of carbonyl (C=O) groups excluding carboxylic acids is 1. The second kappa shape index (κ2) is 2.97. The summed E-state index contributed by atoms with van der Waals surface area (Å²) in [6.07, 6.45) is 4.45. The summed E-state index contributed by atoms with van der Waals surface area (Å²) in [5, 5.41) is 2.67. The van der Waals surface area contributed by atoms with Crippen LogP contribution in [-0.4, -0.2) is 15.9 Å². The fourth-order valence-electron chi connectivity index (χ4n) is 1.26. The summed E-state index contributed by atoms with van der Waals surface area (Å²) in [4.78, 5) is 19.2. The lowest BCUT2D eigenvalue weighted by molar-refractivity contribution is -0.115. The molecule has 0 radical (unpaired) electrons. The Balaban J connectivity index is 2.34. The highest BCUT2D eigenvalue weighted by Crippen LogP contribution is 2.18. The number of anilines is 1. The standard InChI is InChI=1S/C9H9N3O/c1-2-3-7-10-5-6-4-8(13)12-9(6)11-7/h2,5H,1,3-4H2,(H,10,11,12,13). The number of hydrogen-bond donors (Lipinski definition) is 1. The molecule has 1 aromatic heterocycles. The van der Waals surface area contributed by atoms with Gasteiger partial charge < -0.3 is 5.32 Å². The van der Waals surface area contributed by atoms with E-state index in [1.165, 1.54) is 0 Å². The third-order valence-corrected chi connectivity index (χ3v) is 1.85. The molecule has 13 heavy (non-hydrogen) atoms. The molecule has 2 heterocycles. The molecule has 0 saturated carbocycles. The highest BCUT2D eigenvalue weighted by atomic mass is 16.1. The van der Waals surface area contributed by atoms with Gasteiger partial charge in [0, 0.05) is 18.2 Å². The van der Waals surface area contributed by atoms with Crippen LogP contribution in [0.4, 0.5) is 5.82 Å². The average Bonchev–Trinajstić information content (AvgIpc) is 2.44. The molecular formula is C9H9N3O. The van der Waals surface area contributed by atoms with Crippen LogP contribution in [0.25, 0.3) is 0 Å². The molecule has 2 rings (SSSR count). The van der Waals surface area contributed by atoms with Gasteiger partial charge in [-0.05, 0) is 0 Å². The first-order valence-corrected chi connectivity index (χ1v) is 4.05. The number of nitrogens with one attached hydrogen (secondary N) is 1. The molecule has 1 aromatic rings. The van der Waals surface area contributed by atoms with Crippen LogP contribution in [-0.2, 0) is 17.6 Å². The van der Waals surface area contributed by atoms with Gasteiger partial charge in [-0.2, -0.15) is 0 Å². The van der Waals surface area contributed by atoms with E-state index < -0.39 is 0 Å². The minimum absolute atomic E-state index is 0.0138. The van der Waals surface area contributed by atoms with E-state index in [0.717, 1.165) is 5.56 Å². The van der Waals surface area contributed by atoms with Gasteiger partial charge in [-0.3, -0.25) is 4.79 Å². The predicted octanol–water partition coefficient (Wildman–Crippen LogP) is 0.700. The fourth-order valence-corrected chi connectivity index (χ4v) is 1.26. The number of aromatic nitrogens is 2.